The molecule has 0 aliphatic carbocycles. The second-order valence-electron chi connectivity index (χ2n) is 0.447. The molecular formula is EuO4PVY+8. The van der Waals surface area contributed by atoms with Crippen LogP contribution < -0.4 is 14.7 Å². The van der Waals surface area contributed by atoms with Crippen LogP contribution in [0.5, 0.6) is 0 Å². The number of hydrogen-bond acceptors (Lipinski definition) is 4. The number of rotatable bonds is 0. The van der Waals surface area contributed by atoms with E-state index in [-0.39, 0.29) is 101 Å². The van der Waals surface area contributed by atoms with E-state index >= 15 is 0 Å². The number of phosphoric acid groups is 1. The van der Waals surface area contributed by atoms with Crippen molar-refractivity contribution >= 4 is 7.82 Å². The maximum atomic E-state index is 8.55. The quantitative estimate of drug-likeness (QED) is 0.420. The minimum atomic E-state index is -5.39. The Bertz CT molecular complexity index is 62.2. The molecule has 0 aliphatic heterocycles. The molecule has 0 rings (SSSR count). The molecule has 8 heteroatoms. The summed E-state index contributed by atoms with van der Waals surface area (Å²) < 4.78 is 8.55. The van der Waals surface area contributed by atoms with Crippen molar-refractivity contribution in [2.75, 3.05) is 0 Å². The maximum Gasteiger partial charge on any atom is 5.00 e. The summed E-state index contributed by atoms with van der Waals surface area (Å²) in [6.07, 6.45) is 0. The summed E-state index contributed by atoms with van der Waals surface area (Å²) in [5.74, 6) is 0. The monoisotopic (exact) mass is 388 g/mol. The molecule has 8 heavy (non-hydrogen) atoms. The SMILES string of the molecule is O=P([O-])([O-])[O-].[Eu+3].[V+5].[Y+3]. The van der Waals surface area contributed by atoms with E-state index in [2.05, 4.69) is 0 Å². The molecule has 36 valence electrons. The van der Waals surface area contributed by atoms with Crippen molar-refractivity contribution in [1.29, 1.82) is 0 Å². The Morgan fingerprint density at radius 1 is 1.12 bits per heavy atom. The van der Waals surface area contributed by atoms with Crippen molar-refractivity contribution in [1.82, 2.24) is 0 Å². The van der Waals surface area contributed by atoms with E-state index in [1.165, 1.54) is 0 Å². The van der Waals surface area contributed by atoms with Gasteiger partial charge in [0.25, 0.3) is 0 Å². The minimum Gasteiger partial charge on any atom is -0.822 e. The summed E-state index contributed by atoms with van der Waals surface area (Å²) >= 11 is 0. The molecule has 0 bridgehead atoms. The van der Waals surface area contributed by atoms with Gasteiger partial charge in [0, 0.05) is 0 Å². The van der Waals surface area contributed by atoms with Gasteiger partial charge in [-0.2, -0.15) is 7.82 Å². The minimum absolute atomic E-state index is 0. The van der Waals surface area contributed by atoms with Crippen LogP contribution in [0, 0.1) is 49.4 Å². The molecule has 0 aromatic heterocycles. The number of hydrogen-bond donors (Lipinski definition) is 0. The predicted octanol–water partition coefficient (Wildman–Crippen LogP) is -2.83. The van der Waals surface area contributed by atoms with Crippen LogP contribution in [-0.2, 0) is 55.8 Å². The summed E-state index contributed by atoms with van der Waals surface area (Å²) in [5.41, 5.74) is 0. The van der Waals surface area contributed by atoms with Crippen molar-refractivity contribution in [3.8, 4) is 0 Å². The van der Waals surface area contributed by atoms with Gasteiger partial charge in [0.15, 0.2) is 0 Å². The summed E-state index contributed by atoms with van der Waals surface area (Å²) in [6.45, 7) is 0. The Balaban J connectivity index is -0.0000000267. The molecule has 0 amide bonds. The molecule has 0 saturated carbocycles. The Hall–Kier alpha value is 3.38. The van der Waals surface area contributed by atoms with Crippen LogP contribution in [0.2, 0.25) is 0 Å². The van der Waals surface area contributed by atoms with Crippen molar-refractivity contribution in [2.45, 2.75) is 0 Å². The Kier molecular flexibility index (Phi) is 29.2. The van der Waals surface area contributed by atoms with Crippen LogP contribution >= 0.6 is 7.82 Å². The van der Waals surface area contributed by atoms with Crippen LogP contribution in [-0.4, -0.2) is 0 Å². The first-order chi connectivity index (χ1) is 2.00. The van der Waals surface area contributed by atoms with Crippen molar-refractivity contribution in [3.63, 3.8) is 0 Å². The first-order valence-electron chi connectivity index (χ1n) is 0.730. The third-order valence-corrected chi connectivity index (χ3v) is 0. The molecule has 0 unspecified atom stereocenters. The van der Waals surface area contributed by atoms with E-state index in [0.29, 0.717) is 0 Å². The van der Waals surface area contributed by atoms with Gasteiger partial charge in [0.1, 0.15) is 0 Å². The molecular weight excluding hydrogens is 387 g/mol. The average Bonchev–Trinajstić information content (AvgIpc) is 0.722. The van der Waals surface area contributed by atoms with Crippen LogP contribution in [0.15, 0.2) is 0 Å². The van der Waals surface area contributed by atoms with Crippen LogP contribution in [0.3, 0.4) is 0 Å². The Morgan fingerprint density at radius 2 is 1.12 bits per heavy atom. The normalized spacial score (nSPS) is 7.38. The molecule has 0 radical (unpaired) electrons. The second-order valence-corrected chi connectivity index (χ2v) is 1.34. The molecule has 0 spiro atoms. The van der Waals surface area contributed by atoms with E-state index in [0.717, 1.165) is 0 Å². The standard InChI is InChI=1S/Eu.H3O4P.V.Y/c;1-5(2,3)4;;/h;(H3,1,2,3,4);;/q+3;;+5;+3/p-3. The molecule has 0 atom stereocenters. The van der Waals surface area contributed by atoms with Gasteiger partial charge in [-0.1, -0.05) is 0 Å². The molecule has 0 aromatic carbocycles. The van der Waals surface area contributed by atoms with Gasteiger partial charge in [-0.25, -0.2) is 0 Å². The van der Waals surface area contributed by atoms with Crippen LogP contribution in [0.4, 0.5) is 0 Å². The zero-order chi connectivity index (χ0) is 4.50. The van der Waals surface area contributed by atoms with Crippen LogP contribution in [0.25, 0.3) is 0 Å². The Morgan fingerprint density at radius 3 is 1.12 bits per heavy atom. The van der Waals surface area contributed by atoms with Crippen molar-refractivity contribution in [3.05, 3.63) is 0 Å². The molecule has 0 N–H and O–H groups in total. The second kappa shape index (κ2) is 10.4. The van der Waals surface area contributed by atoms with Gasteiger partial charge in [-0.3, -0.25) is 0 Å². The fourth-order valence-electron chi connectivity index (χ4n) is 0. The first kappa shape index (κ1) is 22.5. The molecule has 0 fully saturated rings. The van der Waals surface area contributed by atoms with E-state index < -0.39 is 7.82 Å². The van der Waals surface area contributed by atoms with Gasteiger partial charge in [-0.05, 0) is 0 Å². The third-order valence-electron chi connectivity index (χ3n) is 0. The first-order valence-corrected chi connectivity index (χ1v) is 2.19. The van der Waals surface area contributed by atoms with Gasteiger partial charge in [0.05, 0.1) is 0 Å². The predicted molar refractivity (Wildman–Crippen MR) is 7.61 cm³/mol. The van der Waals surface area contributed by atoms with Crippen molar-refractivity contribution in [2.24, 2.45) is 0 Å². The van der Waals surface area contributed by atoms with E-state index in [1.807, 2.05) is 0 Å². The topological polar surface area (TPSA) is 86.2 Å². The van der Waals surface area contributed by atoms with Crippen molar-refractivity contribution < 1.29 is 120 Å². The third kappa shape index (κ3) is 57.6. The fraction of sp³-hybridized carbons (Fsp3) is 0. The average molecular weight is 387 g/mol. The van der Waals surface area contributed by atoms with E-state index in [1.54, 1.807) is 0 Å². The summed E-state index contributed by atoms with van der Waals surface area (Å²) in [4.78, 5) is 25.6. The van der Waals surface area contributed by atoms with Gasteiger partial charge in [-0.15, -0.1) is 0 Å². The summed E-state index contributed by atoms with van der Waals surface area (Å²) in [6, 6.07) is 0. The zero-order valence-electron chi connectivity index (χ0n) is 3.48. The van der Waals surface area contributed by atoms with Crippen LogP contribution in [0.1, 0.15) is 0 Å². The fourth-order valence-corrected chi connectivity index (χ4v) is 0. The summed E-state index contributed by atoms with van der Waals surface area (Å²) in [7, 11) is -5.39. The molecule has 0 aliphatic rings. The molecule has 4 nitrogen and oxygen atoms in total. The maximum absolute atomic E-state index is 8.55. The van der Waals surface area contributed by atoms with Gasteiger partial charge >= 0.3 is 101 Å². The largest absolute Gasteiger partial charge is 5.00 e. The Labute approximate surface area is 125 Å². The van der Waals surface area contributed by atoms with E-state index in [9.17, 15) is 0 Å². The summed E-state index contributed by atoms with van der Waals surface area (Å²) in [5, 5.41) is 0. The smallest absolute Gasteiger partial charge is 0.822 e. The van der Waals surface area contributed by atoms with Gasteiger partial charge in [0.2, 0.25) is 0 Å². The molecule has 0 saturated heterocycles. The van der Waals surface area contributed by atoms with E-state index in [4.69, 9.17) is 19.2 Å². The molecule has 0 aromatic rings. The zero-order valence-corrected chi connectivity index (χ0v) is 11.0. The van der Waals surface area contributed by atoms with Gasteiger partial charge < -0.3 is 19.2 Å². The molecule has 0 heterocycles.